The maximum Gasteiger partial charge on any atom is 0.251 e. The van der Waals surface area contributed by atoms with E-state index in [0.717, 1.165) is 29.7 Å². The van der Waals surface area contributed by atoms with Gasteiger partial charge in [0.2, 0.25) is 5.91 Å². The summed E-state index contributed by atoms with van der Waals surface area (Å²) in [6.45, 7) is 2.39. The summed E-state index contributed by atoms with van der Waals surface area (Å²) in [7, 11) is 0. The fraction of sp³-hybridized carbons (Fsp3) is 0.263. The number of amides is 2. The zero-order chi connectivity index (χ0) is 16.2. The van der Waals surface area contributed by atoms with Crippen molar-refractivity contribution >= 4 is 17.5 Å². The molecule has 0 aromatic heterocycles. The van der Waals surface area contributed by atoms with E-state index in [2.05, 4.69) is 10.6 Å². The highest BCUT2D eigenvalue weighted by atomic mass is 16.2. The number of aryl methyl sites for hydroxylation is 1. The third-order valence-electron chi connectivity index (χ3n) is 4.01. The molecule has 1 aliphatic rings. The lowest BCUT2D eigenvalue weighted by atomic mass is 10.1. The first-order valence-corrected chi connectivity index (χ1v) is 7.87. The predicted molar refractivity (Wildman–Crippen MR) is 90.1 cm³/mol. The molecule has 0 unspecified atom stereocenters. The van der Waals surface area contributed by atoms with Gasteiger partial charge in [-0.1, -0.05) is 30.3 Å². The van der Waals surface area contributed by atoms with Crippen LogP contribution < -0.4 is 10.6 Å². The van der Waals surface area contributed by atoms with Crippen LogP contribution in [0, 0.1) is 12.8 Å². The third kappa shape index (κ3) is 3.97. The van der Waals surface area contributed by atoms with E-state index in [4.69, 9.17) is 0 Å². The Morgan fingerprint density at radius 2 is 1.74 bits per heavy atom. The van der Waals surface area contributed by atoms with Crippen LogP contribution in [0.1, 0.15) is 34.3 Å². The van der Waals surface area contributed by atoms with Gasteiger partial charge in [-0.05, 0) is 49.1 Å². The van der Waals surface area contributed by atoms with E-state index in [9.17, 15) is 9.59 Å². The normalized spacial score (nSPS) is 13.4. The second-order valence-corrected chi connectivity index (χ2v) is 5.96. The fourth-order valence-corrected chi connectivity index (χ4v) is 2.40. The molecule has 118 valence electrons. The van der Waals surface area contributed by atoms with Crippen molar-refractivity contribution in [2.45, 2.75) is 26.3 Å². The largest absolute Gasteiger partial charge is 0.348 e. The van der Waals surface area contributed by atoms with Crippen molar-refractivity contribution in [1.29, 1.82) is 0 Å². The fourth-order valence-electron chi connectivity index (χ4n) is 2.40. The second kappa shape index (κ2) is 6.65. The molecule has 1 saturated carbocycles. The first-order chi connectivity index (χ1) is 11.1. The molecule has 3 rings (SSSR count). The Kier molecular flexibility index (Phi) is 4.42. The van der Waals surface area contributed by atoms with Gasteiger partial charge in [0.25, 0.3) is 5.91 Å². The zero-order valence-corrected chi connectivity index (χ0v) is 13.1. The molecule has 1 fully saturated rings. The van der Waals surface area contributed by atoms with Gasteiger partial charge in [-0.15, -0.1) is 0 Å². The van der Waals surface area contributed by atoms with Gasteiger partial charge < -0.3 is 10.6 Å². The highest BCUT2D eigenvalue weighted by Gasteiger charge is 2.29. The lowest BCUT2D eigenvalue weighted by Gasteiger charge is -2.09. The number of hydrogen-bond donors (Lipinski definition) is 2. The average Bonchev–Trinajstić information content (AvgIpc) is 3.39. The topological polar surface area (TPSA) is 58.2 Å². The molecule has 4 nitrogen and oxygen atoms in total. The van der Waals surface area contributed by atoms with Crippen LogP contribution >= 0.6 is 0 Å². The van der Waals surface area contributed by atoms with Crippen LogP contribution in [0.15, 0.2) is 48.5 Å². The summed E-state index contributed by atoms with van der Waals surface area (Å²) < 4.78 is 0. The van der Waals surface area contributed by atoms with Gasteiger partial charge in [0.05, 0.1) is 0 Å². The lowest BCUT2D eigenvalue weighted by molar-refractivity contribution is -0.117. The molecule has 4 heteroatoms. The predicted octanol–water partition coefficient (Wildman–Crippen LogP) is 3.27. The maximum atomic E-state index is 12.2. The van der Waals surface area contributed by atoms with Crippen LogP contribution in [-0.4, -0.2) is 11.8 Å². The molecule has 0 heterocycles. The van der Waals surface area contributed by atoms with E-state index in [1.54, 1.807) is 0 Å². The first kappa shape index (κ1) is 15.3. The maximum absolute atomic E-state index is 12.2. The molecule has 2 amide bonds. The van der Waals surface area contributed by atoms with Gasteiger partial charge in [0.15, 0.2) is 0 Å². The summed E-state index contributed by atoms with van der Waals surface area (Å²) in [5, 5.41) is 5.82. The van der Waals surface area contributed by atoms with Crippen molar-refractivity contribution in [3.8, 4) is 0 Å². The molecular formula is C19H20N2O2. The number of nitrogens with one attached hydrogen (secondary N) is 2. The summed E-state index contributed by atoms with van der Waals surface area (Å²) in [5.41, 5.74) is 3.45. The third-order valence-corrected chi connectivity index (χ3v) is 4.01. The zero-order valence-electron chi connectivity index (χ0n) is 13.1. The number of hydrogen-bond acceptors (Lipinski definition) is 2. The molecule has 0 atom stereocenters. The highest BCUT2D eigenvalue weighted by molar-refractivity contribution is 5.95. The molecule has 0 spiro atoms. The molecule has 0 radical (unpaired) electrons. The molecule has 0 bridgehead atoms. The summed E-state index contributed by atoms with van der Waals surface area (Å²) in [4.78, 5) is 23.9. The Hall–Kier alpha value is -2.62. The van der Waals surface area contributed by atoms with Crippen molar-refractivity contribution in [1.82, 2.24) is 5.32 Å². The van der Waals surface area contributed by atoms with Crippen molar-refractivity contribution in [3.63, 3.8) is 0 Å². The van der Waals surface area contributed by atoms with Crippen LogP contribution in [0.25, 0.3) is 0 Å². The first-order valence-electron chi connectivity index (χ1n) is 7.87. The molecule has 2 aromatic carbocycles. The Morgan fingerprint density at radius 1 is 1.04 bits per heavy atom. The van der Waals surface area contributed by atoms with E-state index in [1.165, 1.54) is 0 Å². The van der Waals surface area contributed by atoms with E-state index in [1.807, 2.05) is 55.5 Å². The van der Waals surface area contributed by atoms with Gasteiger partial charge in [0, 0.05) is 23.7 Å². The molecule has 1 aliphatic carbocycles. The van der Waals surface area contributed by atoms with Crippen LogP contribution in [0.4, 0.5) is 5.69 Å². The van der Waals surface area contributed by atoms with E-state index >= 15 is 0 Å². The molecule has 0 aliphatic heterocycles. The average molecular weight is 308 g/mol. The smallest absolute Gasteiger partial charge is 0.251 e. The second-order valence-electron chi connectivity index (χ2n) is 5.96. The van der Waals surface area contributed by atoms with E-state index in [-0.39, 0.29) is 17.7 Å². The standard InChI is InChI=1S/C19H20N2O2/c1-13-4-2-3-5-17(13)19(23)20-12-14-6-10-16(11-7-14)21-18(22)15-8-9-15/h2-7,10-11,15H,8-9,12H2,1H3,(H,20,23)(H,21,22). The Balaban J connectivity index is 1.55. The van der Waals surface area contributed by atoms with Crippen LogP contribution in [0.5, 0.6) is 0 Å². The quantitative estimate of drug-likeness (QED) is 0.890. The van der Waals surface area contributed by atoms with Gasteiger partial charge in [0.1, 0.15) is 0 Å². The number of benzene rings is 2. The lowest BCUT2D eigenvalue weighted by Crippen LogP contribution is -2.23. The van der Waals surface area contributed by atoms with Gasteiger partial charge >= 0.3 is 0 Å². The SMILES string of the molecule is Cc1ccccc1C(=O)NCc1ccc(NC(=O)C2CC2)cc1. The van der Waals surface area contributed by atoms with Gasteiger partial charge in [-0.3, -0.25) is 9.59 Å². The molecular weight excluding hydrogens is 288 g/mol. The molecule has 2 aromatic rings. The monoisotopic (exact) mass is 308 g/mol. The van der Waals surface area contributed by atoms with Crippen molar-refractivity contribution < 1.29 is 9.59 Å². The van der Waals surface area contributed by atoms with E-state index in [0.29, 0.717) is 12.1 Å². The number of anilines is 1. The highest BCUT2D eigenvalue weighted by Crippen LogP contribution is 2.30. The van der Waals surface area contributed by atoms with Gasteiger partial charge in [-0.2, -0.15) is 0 Å². The minimum Gasteiger partial charge on any atom is -0.348 e. The van der Waals surface area contributed by atoms with Crippen molar-refractivity contribution in [3.05, 3.63) is 65.2 Å². The number of carbonyl (C=O) groups is 2. The van der Waals surface area contributed by atoms with Crippen molar-refractivity contribution in [2.24, 2.45) is 5.92 Å². The Bertz CT molecular complexity index is 718. The Morgan fingerprint density at radius 3 is 2.39 bits per heavy atom. The molecule has 2 N–H and O–H groups in total. The summed E-state index contributed by atoms with van der Waals surface area (Å²) in [6, 6.07) is 15.1. The molecule has 0 saturated heterocycles. The number of carbonyl (C=O) groups excluding carboxylic acids is 2. The molecule has 23 heavy (non-hydrogen) atoms. The van der Waals surface area contributed by atoms with Crippen LogP contribution in [-0.2, 0) is 11.3 Å². The summed E-state index contributed by atoms with van der Waals surface area (Å²) in [5.74, 6) is 0.225. The minimum absolute atomic E-state index is 0.0748. The summed E-state index contributed by atoms with van der Waals surface area (Å²) in [6.07, 6.45) is 1.99. The summed E-state index contributed by atoms with van der Waals surface area (Å²) >= 11 is 0. The van der Waals surface area contributed by atoms with Crippen LogP contribution in [0.3, 0.4) is 0 Å². The van der Waals surface area contributed by atoms with E-state index < -0.39 is 0 Å². The van der Waals surface area contributed by atoms with Crippen molar-refractivity contribution in [2.75, 3.05) is 5.32 Å². The number of rotatable bonds is 5. The van der Waals surface area contributed by atoms with Gasteiger partial charge in [-0.25, -0.2) is 0 Å². The van der Waals surface area contributed by atoms with Crippen LogP contribution in [0.2, 0.25) is 0 Å². The Labute approximate surface area is 135 Å². The minimum atomic E-state index is -0.0748.